The van der Waals surface area contributed by atoms with Gasteiger partial charge in [0.05, 0.1) is 0 Å². The second-order valence-electron chi connectivity index (χ2n) is 3.62. The van der Waals surface area contributed by atoms with Gasteiger partial charge in [-0.25, -0.2) is 0 Å². The lowest BCUT2D eigenvalue weighted by molar-refractivity contribution is -0.127. The molecule has 1 aromatic rings. The van der Waals surface area contributed by atoms with Crippen molar-refractivity contribution < 1.29 is 9.53 Å². The molecule has 1 saturated heterocycles. The smallest absolute Gasteiger partial charge is 0.248 e. The van der Waals surface area contributed by atoms with Crippen LogP contribution in [0.15, 0.2) is 35.3 Å². The summed E-state index contributed by atoms with van der Waals surface area (Å²) in [7, 11) is 0. The number of ether oxygens (including phenoxy) is 1. The van der Waals surface area contributed by atoms with Gasteiger partial charge in [-0.15, -0.1) is 0 Å². The Hall–Kier alpha value is -1.49. The zero-order valence-electron chi connectivity index (χ0n) is 8.42. The molecule has 0 bridgehead atoms. The molecule has 16 heavy (non-hydrogen) atoms. The standard InChI is InChI=1S/C11H10N2O2S/c14-10-9-11(13-10)16-8(12-9)6-15-7-4-2-1-3-5-7/h1-5,9,11H,6H2,(H,13,14)/t9-,11+/m1/s1. The van der Waals surface area contributed by atoms with Crippen LogP contribution in [-0.2, 0) is 4.79 Å². The maximum absolute atomic E-state index is 11.1. The van der Waals surface area contributed by atoms with E-state index in [-0.39, 0.29) is 17.3 Å². The van der Waals surface area contributed by atoms with E-state index in [1.165, 1.54) is 0 Å². The van der Waals surface area contributed by atoms with Crippen molar-refractivity contribution in [1.82, 2.24) is 5.32 Å². The molecule has 1 fully saturated rings. The number of fused-ring (bicyclic) bond motifs is 1. The summed E-state index contributed by atoms with van der Waals surface area (Å²) in [6.07, 6.45) is 0. The molecular formula is C11H10N2O2S. The van der Waals surface area contributed by atoms with Gasteiger partial charge in [-0.05, 0) is 12.1 Å². The van der Waals surface area contributed by atoms with E-state index in [2.05, 4.69) is 10.3 Å². The molecule has 1 amide bonds. The molecule has 0 unspecified atom stereocenters. The lowest BCUT2D eigenvalue weighted by Gasteiger charge is -2.27. The first-order valence-electron chi connectivity index (χ1n) is 5.04. The fourth-order valence-electron chi connectivity index (χ4n) is 1.63. The number of hydrogen-bond donors (Lipinski definition) is 1. The molecule has 3 rings (SSSR count). The zero-order valence-corrected chi connectivity index (χ0v) is 9.24. The van der Waals surface area contributed by atoms with Gasteiger partial charge < -0.3 is 10.1 Å². The van der Waals surface area contributed by atoms with E-state index >= 15 is 0 Å². The van der Waals surface area contributed by atoms with Crippen LogP contribution >= 0.6 is 11.8 Å². The molecule has 2 aliphatic rings. The zero-order chi connectivity index (χ0) is 11.0. The topological polar surface area (TPSA) is 50.7 Å². The largest absolute Gasteiger partial charge is 0.487 e. The van der Waals surface area contributed by atoms with Gasteiger partial charge in [-0.3, -0.25) is 9.79 Å². The Kier molecular flexibility index (Phi) is 2.32. The lowest BCUT2D eigenvalue weighted by Crippen LogP contribution is -2.57. The normalized spacial score (nSPS) is 26.5. The molecule has 1 N–H and O–H groups in total. The van der Waals surface area contributed by atoms with Crippen LogP contribution in [0.5, 0.6) is 5.75 Å². The number of para-hydroxylation sites is 1. The van der Waals surface area contributed by atoms with E-state index in [1.807, 2.05) is 30.3 Å². The van der Waals surface area contributed by atoms with Crippen LogP contribution in [-0.4, -0.2) is 29.0 Å². The van der Waals surface area contributed by atoms with Gasteiger partial charge in [0, 0.05) is 0 Å². The maximum Gasteiger partial charge on any atom is 0.248 e. The predicted octanol–water partition coefficient (Wildman–Crippen LogP) is 1.04. The molecular weight excluding hydrogens is 224 g/mol. The van der Waals surface area contributed by atoms with Gasteiger partial charge >= 0.3 is 0 Å². The third kappa shape index (κ3) is 1.67. The second-order valence-corrected chi connectivity index (χ2v) is 4.83. The van der Waals surface area contributed by atoms with Crippen molar-refractivity contribution in [3.63, 3.8) is 0 Å². The minimum atomic E-state index is -0.181. The minimum absolute atomic E-state index is 0.0206. The number of β-lactam (4-membered cyclic amide) rings is 1. The molecule has 4 nitrogen and oxygen atoms in total. The van der Waals surface area contributed by atoms with Crippen LogP contribution in [0, 0.1) is 0 Å². The fourth-order valence-corrected chi connectivity index (χ4v) is 2.71. The Balaban J connectivity index is 1.59. The van der Waals surface area contributed by atoms with Gasteiger partial charge in [0.25, 0.3) is 0 Å². The summed E-state index contributed by atoms with van der Waals surface area (Å²) >= 11 is 1.58. The number of hydrogen-bond acceptors (Lipinski definition) is 4. The van der Waals surface area contributed by atoms with Crippen molar-refractivity contribution in [1.29, 1.82) is 0 Å². The highest BCUT2D eigenvalue weighted by Gasteiger charge is 2.44. The maximum atomic E-state index is 11.1. The quantitative estimate of drug-likeness (QED) is 0.795. The van der Waals surface area contributed by atoms with Gasteiger partial charge in [0.2, 0.25) is 5.91 Å². The summed E-state index contributed by atoms with van der Waals surface area (Å²) in [5.74, 6) is 0.844. The van der Waals surface area contributed by atoms with Gasteiger partial charge in [0.1, 0.15) is 22.8 Å². The summed E-state index contributed by atoms with van der Waals surface area (Å²) in [6.45, 7) is 0.441. The van der Waals surface area contributed by atoms with E-state index in [9.17, 15) is 4.79 Å². The number of carbonyl (C=O) groups excluding carboxylic acids is 1. The highest BCUT2D eigenvalue weighted by atomic mass is 32.2. The molecule has 2 heterocycles. The lowest BCUT2D eigenvalue weighted by atomic mass is 10.2. The predicted molar refractivity (Wildman–Crippen MR) is 62.7 cm³/mol. The Labute approximate surface area is 97.1 Å². The molecule has 0 aliphatic carbocycles. The fraction of sp³-hybridized carbons (Fsp3) is 0.273. The molecule has 2 aliphatic heterocycles. The number of carbonyl (C=O) groups is 1. The van der Waals surface area contributed by atoms with Crippen LogP contribution in [0.3, 0.4) is 0 Å². The highest BCUT2D eigenvalue weighted by Crippen LogP contribution is 2.31. The van der Waals surface area contributed by atoms with E-state index in [0.29, 0.717) is 6.61 Å². The first kappa shape index (κ1) is 9.72. The van der Waals surface area contributed by atoms with Crippen molar-refractivity contribution >= 4 is 22.7 Å². The summed E-state index contributed by atoms with van der Waals surface area (Å²) in [6, 6.07) is 9.41. The van der Waals surface area contributed by atoms with Crippen molar-refractivity contribution in [3.05, 3.63) is 30.3 Å². The average Bonchev–Trinajstić information content (AvgIpc) is 2.65. The Morgan fingerprint density at radius 3 is 2.88 bits per heavy atom. The van der Waals surface area contributed by atoms with E-state index in [4.69, 9.17) is 4.74 Å². The first-order chi connectivity index (χ1) is 7.83. The monoisotopic (exact) mass is 234 g/mol. The third-order valence-electron chi connectivity index (χ3n) is 2.49. The summed E-state index contributed by atoms with van der Waals surface area (Å²) < 4.78 is 5.56. The van der Waals surface area contributed by atoms with Gasteiger partial charge in [0.15, 0.2) is 6.04 Å². The van der Waals surface area contributed by atoms with Crippen LogP contribution < -0.4 is 10.1 Å². The summed E-state index contributed by atoms with van der Waals surface area (Å²) in [5.41, 5.74) is 0. The van der Waals surface area contributed by atoms with Crippen molar-refractivity contribution in [2.45, 2.75) is 11.4 Å². The number of thioether (sulfide) groups is 1. The van der Waals surface area contributed by atoms with Crippen molar-refractivity contribution in [3.8, 4) is 5.75 Å². The summed E-state index contributed by atoms with van der Waals surface area (Å²) in [4.78, 5) is 15.4. The van der Waals surface area contributed by atoms with Crippen LogP contribution in [0.2, 0.25) is 0 Å². The molecule has 0 radical (unpaired) electrons. The molecule has 0 saturated carbocycles. The van der Waals surface area contributed by atoms with Gasteiger partial charge in [-0.1, -0.05) is 30.0 Å². The second kappa shape index (κ2) is 3.83. The Morgan fingerprint density at radius 2 is 2.19 bits per heavy atom. The van der Waals surface area contributed by atoms with Crippen LogP contribution in [0.4, 0.5) is 0 Å². The summed E-state index contributed by atoms with van der Waals surface area (Å²) in [5, 5.41) is 3.81. The number of nitrogens with one attached hydrogen (secondary N) is 1. The molecule has 1 aromatic carbocycles. The first-order valence-corrected chi connectivity index (χ1v) is 5.92. The average molecular weight is 234 g/mol. The number of benzene rings is 1. The number of rotatable bonds is 3. The molecule has 0 aromatic heterocycles. The van der Waals surface area contributed by atoms with E-state index in [0.717, 1.165) is 10.8 Å². The van der Waals surface area contributed by atoms with E-state index in [1.54, 1.807) is 11.8 Å². The molecule has 0 spiro atoms. The SMILES string of the molecule is O=C1N[C@H]2SC(COc3ccccc3)=N[C@H]12. The number of nitrogens with zero attached hydrogens (tertiary/aromatic N) is 1. The molecule has 2 atom stereocenters. The van der Waals surface area contributed by atoms with E-state index < -0.39 is 0 Å². The minimum Gasteiger partial charge on any atom is -0.487 e. The Morgan fingerprint density at radius 1 is 1.38 bits per heavy atom. The van der Waals surface area contributed by atoms with Crippen molar-refractivity contribution in [2.75, 3.05) is 6.61 Å². The van der Waals surface area contributed by atoms with Crippen molar-refractivity contribution in [2.24, 2.45) is 4.99 Å². The number of amides is 1. The molecule has 5 heteroatoms. The van der Waals surface area contributed by atoms with Crippen LogP contribution in [0.1, 0.15) is 0 Å². The highest BCUT2D eigenvalue weighted by molar-refractivity contribution is 8.15. The number of aliphatic imine (C=N–C) groups is 1. The third-order valence-corrected chi connectivity index (χ3v) is 3.62. The van der Waals surface area contributed by atoms with Crippen LogP contribution in [0.25, 0.3) is 0 Å². The Bertz CT molecular complexity index is 447. The van der Waals surface area contributed by atoms with Gasteiger partial charge in [-0.2, -0.15) is 0 Å². The molecule has 82 valence electrons.